The zero-order valence-corrected chi connectivity index (χ0v) is 11.8. The average Bonchev–Trinajstić information content (AvgIpc) is 2.35. The predicted molar refractivity (Wildman–Crippen MR) is 74.1 cm³/mol. The van der Waals surface area contributed by atoms with Gasteiger partial charge in [-0.3, -0.25) is 0 Å². The molecule has 1 aromatic heterocycles. The molecule has 0 atom stereocenters. The van der Waals surface area contributed by atoms with Gasteiger partial charge in [0.15, 0.2) is 0 Å². The SMILES string of the molecule is N#Cc1ccc(Nc2cc(Br)ccc2Br)nc1. The van der Waals surface area contributed by atoms with Crippen molar-refractivity contribution in [1.29, 1.82) is 5.26 Å². The van der Waals surface area contributed by atoms with Gasteiger partial charge in [-0.05, 0) is 46.3 Å². The summed E-state index contributed by atoms with van der Waals surface area (Å²) in [5.74, 6) is 0.697. The van der Waals surface area contributed by atoms with Crippen molar-refractivity contribution >= 4 is 43.4 Å². The summed E-state index contributed by atoms with van der Waals surface area (Å²) in [6, 6.07) is 11.4. The Hall–Kier alpha value is -1.38. The van der Waals surface area contributed by atoms with Crippen molar-refractivity contribution in [3.63, 3.8) is 0 Å². The third-order valence-corrected chi connectivity index (χ3v) is 3.27. The van der Waals surface area contributed by atoms with Crippen LogP contribution in [0.25, 0.3) is 0 Å². The van der Waals surface area contributed by atoms with Crippen LogP contribution in [0.1, 0.15) is 5.56 Å². The highest BCUT2D eigenvalue weighted by Crippen LogP contribution is 2.28. The van der Waals surface area contributed by atoms with E-state index in [1.165, 1.54) is 6.20 Å². The molecule has 1 aromatic carbocycles. The van der Waals surface area contributed by atoms with E-state index in [1.54, 1.807) is 12.1 Å². The van der Waals surface area contributed by atoms with E-state index in [0.717, 1.165) is 14.6 Å². The summed E-state index contributed by atoms with van der Waals surface area (Å²) in [4.78, 5) is 4.15. The molecule has 0 fully saturated rings. The van der Waals surface area contributed by atoms with Gasteiger partial charge < -0.3 is 5.32 Å². The first kappa shape index (κ1) is 12.1. The van der Waals surface area contributed by atoms with Crippen molar-refractivity contribution in [2.45, 2.75) is 0 Å². The first-order chi connectivity index (χ1) is 8.19. The molecule has 0 radical (unpaired) electrons. The fourth-order valence-corrected chi connectivity index (χ4v) is 1.97. The third kappa shape index (κ3) is 3.05. The number of aromatic nitrogens is 1. The molecular weight excluding hydrogens is 346 g/mol. The van der Waals surface area contributed by atoms with Crippen molar-refractivity contribution in [2.24, 2.45) is 0 Å². The summed E-state index contributed by atoms with van der Waals surface area (Å²) < 4.78 is 1.93. The molecule has 0 amide bonds. The molecule has 0 unspecified atom stereocenters. The third-order valence-electron chi connectivity index (χ3n) is 2.08. The molecule has 0 aliphatic heterocycles. The summed E-state index contributed by atoms with van der Waals surface area (Å²) in [5, 5.41) is 11.8. The Bertz CT molecular complexity index is 573. The molecule has 0 aliphatic rings. The highest BCUT2D eigenvalue weighted by molar-refractivity contribution is 9.11. The van der Waals surface area contributed by atoms with Crippen LogP contribution in [0.2, 0.25) is 0 Å². The average molecular weight is 353 g/mol. The predicted octanol–water partition coefficient (Wildman–Crippen LogP) is 4.22. The van der Waals surface area contributed by atoms with Gasteiger partial charge in [-0.25, -0.2) is 4.98 Å². The monoisotopic (exact) mass is 351 g/mol. The minimum atomic E-state index is 0.545. The smallest absolute Gasteiger partial charge is 0.130 e. The summed E-state index contributed by atoms with van der Waals surface area (Å²) in [5.41, 5.74) is 1.46. The molecule has 17 heavy (non-hydrogen) atoms. The van der Waals surface area contributed by atoms with E-state index in [9.17, 15) is 0 Å². The summed E-state index contributed by atoms with van der Waals surface area (Å²) in [6.45, 7) is 0. The van der Waals surface area contributed by atoms with Crippen LogP contribution in [0.4, 0.5) is 11.5 Å². The first-order valence-electron chi connectivity index (χ1n) is 4.77. The number of rotatable bonds is 2. The Kier molecular flexibility index (Phi) is 3.77. The topological polar surface area (TPSA) is 48.7 Å². The Balaban J connectivity index is 2.25. The molecule has 3 nitrogen and oxygen atoms in total. The Morgan fingerprint density at radius 2 is 2.00 bits per heavy atom. The molecule has 0 saturated carbocycles. The minimum absolute atomic E-state index is 0.545. The van der Waals surface area contributed by atoms with E-state index in [1.807, 2.05) is 24.3 Å². The minimum Gasteiger partial charge on any atom is -0.339 e. The zero-order chi connectivity index (χ0) is 12.3. The molecule has 1 N–H and O–H groups in total. The molecule has 5 heteroatoms. The van der Waals surface area contributed by atoms with Gasteiger partial charge in [0.05, 0.1) is 11.3 Å². The van der Waals surface area contributed by atoms with E-state index < -0.39 is 0 Å². The summed E-state index contributed by atoms with van der Waals surface area (Å²) in [6.07, 6.45) is 1.54. The second-order valence-electron chi connectivity index (χ2n) is 3.29. The number of anilines is 2. The van der Waals surface area contributed by atoms with Gasteiger partial charge >= 0.3 is 0 Å². The highest BCUT2D eigenvalue weighted by atomic mass is 79.9. The van der Waals surface area contributed by atoms with Crippen molar-refractivity contribution in [3.05, 3.63) is 51.0 Å². The van der Waals surface area contributed by atoms with E-state index in [0.29, 0.717) is 11.4 Å². The van der Waals surface area contributed by atoms with Gasteiger partial charge in [0, 0.05) is 15.1 Å². The lowest BCUT2D eigenvalue weighted by Gasteiger charge is -2.08. The van der Waals surface area contributed by atoms with Crippen molar-refractivity contribution < 1.29 is 0 Å². The molecule has 1 heterocycles. The number of benzene rings is 1. The number of hydrogen-bond acceptors (Lipinski definition) is 3. The molecule has 0 saturated heterocycles. The maximum atomic E-state index is 8.67. The molecule has 84 valence electrons. The molecule has 0 aliphatic carbocycles. The van der Waals surface area contributed by atoms with Crippen molar-refractivity contribution in [3.8, 4) is 6.07 Å². The lowest BCUT2D eigenvalue weighted by Crippen LogP contribution is -1.94. The Morgan fingerprint density at radius 3 is 2.65 bits per heavy atom. The van der Waals surface area contributed by atoms with Gasteiger partial charge in [-0.2, -0.15) is 5.26 Å². The van der Waals surface area contributed by atoms with Crippen LogP contribution < -0.4 is 5.32 Å². The van der Waals surface area contributed by atoms with Gasteiger partial charge in [0.2, 0.25) is 0 Å². The van der Waals surface area contributed by atoms with Crippen molar-refractivity contribution in [1.82, 2.24) is 4.98 Å². The number of nitrogens with one attached hydrogen (secondary N) is 1. The van der Waals surface area contributed by atoms with E-state index in [2.05, 4.69) is 42.2 Å². The lowest BCUT2D eigenvalue weighted by atomic mass is 10.3. The Morgan fingerprint density at radius 1 is 1.18 bits per heavy atom. The maximum Gasteiger partial charge on any atom is 0.130 e. The van der Waals surface area contributed by atoms with Crippen LogP contribution in [-0.4, -0.2) is 4.98 Å². The van der Waals surface area contributed by atoms with E-state index in [4.69, 9.17) is 5.26 Å². The maximum absolute atomic E-state index is 8.67. The normalized spacial score (nSPS) is 9.71. The standard InChI is InChI=1S/C12H7Br2N3/c13-9-2-3-10(14)11(5-9)17-12-4-1-8(6-15)7-16-12/h1-5,7H,(H,16,17). The lowest BCUT2D eigenvalue weighted by molar-refractivity contribution is 1.28. The van der Waals surface area contributed by atoms with E-state index in [-0.39, 0.29) is 0 Å². The van der Waals surface area contributed by atoms with Gasteiger partial charge in [-0.1, -0.05) is 15.9 Å². The van der Waals surface area contributed by atoms with Crippen LogP contribution in [-0.2, 0) is 0 Å². The number of halogens is 2. The number of hydrogen-bond donors (Lipinski definition) is 1. The number of nitriles is 1. The molecule has 0 spiro atoms. The number of pyridine rings is 1. The zero-order valence-electron chi connectivity index (χ0n) is 8.61. The number of nitrogens with zero attached hydrogens (tertiary/aromatic N) is 2. The fourth-order valence-electron chi connectivity index (χ4n) is 1.27. The first-order valence-corrected chi connectivity index (χ1v) is 6.36. The molecular formula is C12H7Br2N3. The quantitative estimate of drug-likeness (QED) is 0.880. The van der Waals surface area contributed by atoms with Crippen LogP contribution in [0.15, 0.2) is 45.5 Å². The van der Waals surface area contributed by atoms with Gasteiger partial charge in [-0.15, -0.1) is 0 Å². The van der Waals surface area contributed by atoms with Crippen LogP contribution >= 0.6 is 31.9 Å². The molecule has 2 rings (SSSR count). The molecule has 2 aromatic rings. The van der Waals surface area contributed by atoms with Crippen LogP contribution in [0.5, 0.6) is 0 Å². The van der Waals surface area contributed by atoms with Gasteiger partial charge in [0.25, 0.3) is 0 Å². The second kappa shape index (κ2) is 5.30. The summed E-state index contributed by atoms with van der Waals surface area (Å²) in [7, 11) is 0. The Labute approximate surface area is 116 Å². The van der Waals surface area contributed by atoms with Crippen LogP contribution in [0, 0.1) is 11.3 Å². The fraction of sp³-hybridized carbons (Fsp3) is 0. The second-order valence-corrected chi connectivity index (χ2v) is 5.06. The molecule has 0 bridgehead atoms. The van der Waals surface area contributed by atoms with Crippen LogP contribution in [0.3, 0.4) is 0 Å². The van der Waals surface area contributed by atoms with E-state index >= 15 is 0 Å². The van der Waals surface area contributed by atoms with Crippen molar-refractivity contribution in [2.75, 3.05) is 5.32 Å². The highest BCUT2D eigenvalue weighted by Gasteiger charge is 2.02. The van der Waals surface area contributed by atoms with Gasteiger partial charge in [0.1, 0.15) is 11.9 Å². The largest absolute Gasteiger partial charge is 0.339 e. The summed E-state index contributed by atoms with van der Waals surface area (Å²) >= 11 is 6.86.